The number of anilines is 2. The van der Waals surface area contributed by atoms with E-state index >= 15 is 0 Å². The number of hydrogen-bond acceptors (Lipinski definition) is 8. The second kappa shape index (κ2) is 9.98. The topological polar surface area (TPSA) is 145 Å². The Hall–Kier alpha value is -3.48. The first kappa shape index (κ1) is 24.2. The highest BCUT2D eigenvalue weighted by Gasteiger charge is 2.24. The number of thiophene rings is 1. The molecular weight excluding hydrogens is 494 g/mol. The zero-order chi connectivity index (χ0) is 24.2. The van der Waals surface area contributed by atoms with Crippen LogP contribution in [0.4, 0.5) is 17.1 Å². The molecular formula is C20H16ClN3O7S2. The summed E-state index contributed by atoms with van der Waals surface area (Å²) in [6.07, 6.45) is -1.28. The fourth-order valence-corrected chi connectivity index (χ4v) is 5.17. The molecule has 1 atom stereocenters. The smallest absolute Gasteiger partial charge is 0.341 e. The van der Waals surface area contributed by atoms with E-state index in [0.717, 1.165) is 17.4 Å². The number of esters is 1. The van der Waals surface area contributed by atoms with Crippen LogP contribution in [0.2, 0.25) is 4.34 Å². The summed E-state index contributed by atoms with van der Waals surface area (Å²) in [6, 6.07) is 13.8. The number of hydrogen-bond donors (Lipinski definition) is 2. The predicted molar refractivity (Wildman–Crippen MR) is 123 cm³/mol. The molecule has 0 bridgehead atoms. The van der Waals surface area contributed by atoms with Gasteiger partial charge in [0.15, 0.2) is 6.10 Å². The largest absolute Gasteiger partial charge is 0.449 e. The Morgan fingerprint density at radius 2 is 1.85 bits per heavy atom. The average molecular weight is 510 g/mol. The normalized spacial score (nSPS) is 11.9. The Bertz CT molecular complexity index is 1320. The van der Waals surface area contributed by atoms with Crippen molar-refractivity contribution in [1.82, 2.24) is 0 Å². The summed E-state index contributed by atoms with van der Waals surface area (Å²) >= 11 is 6.65. The van der Waals surface area contributed by atoms with Crippen molar-refractivity contribution in [3.05, 3.63) is 80.7 Å². The van der Waals surface area contributed by atoms with E-state index in [1.165, 1.54) is 61.5 Å². The Kier molecular flexibility index (Phi) is 7.31. The van der Waals surface area contributed by atoms with E-state index in [0.29, 0.717) is 0 Å². The molecule has 2 N–H and O–H groups in total. The van der Waals surface area contributed by atoms with Crippen molar-refractivity contribution in [2.24, 2.45) is 0 Å². The minimum absolute atomic E-state index is 0.0413. The maximum atomic E-state index is 12.7. The van der Waals surface area contributed by atoms with Gasteiger partial charge in [0, 0.05) is 17.8 Å². The first-order valence-corrected chi connectivity index (χ1v) is 11.9. The van der Waals surface area contributed by atoms with Crippen LogP contribution in [-0.2, 0) is 19.6 Å². The molecule has 1 amide bonds. The summed E-state index contributed by atoms with van der Waals surface area (Å²) in [5.41, 5.74) is -0.220. The van der Waals surface area contributed by atoms with Crippen molar-refractivity contribution >= 4 is 61.9 Å². The molecule has 0 unspecified atom stereocenters. The van der Waals surface area contributed by atoms with Gasteiger partial charge in [0.25, 0.3) is 21.6 Å². The standard InChI is InChI=1S/C20H16ClN3O7S2/c1-12(19(25)22-13-5-4-6-14(11-13)24(27)28)31-20(26)15-7-2-3-8-16(15)23-33(29,30)18-10-9-17(21)32-18/h2-12,23H,1H3,(H,22,25)/t12-/m0/s1. The van der Waals surface area contributed by atoms with Crippen molar-refractivity contribution in [2.75, 3.05) is 10.0 Å². The average Bonchev–Trinajstić information content (AvgIpc) is 3.21. The van der Waals surface area contributed by atoms with Gasteiger partial charge in [-0.05, 0) is 37.3 Å². The van der Waals surface area contributed by atoms with Crippen molar-refractivity contribution in [3.8, 4) is 0 Å². The van der Waals surface area contributed by atoms with Gasteiger partial charge < -0.3 is 10.1 Å². The predicted octanol–water partition coefficient (Wildman–Crippen LogP) is 4.29. The number of benzene rings is 2. The molecule has 3 aromatic rings. The maximum absolute atomic E-state index is 12.7. The zero-order valence-electron chi connectivity index (χ0n) is 16.9. The second-order valence-electron chi connectivity index (χ2n) is 6.55. The van der Waals surface area contributed by atoms with Crippen molar-refractivity contribution in [3.63, 3.8) is 0 Å². The number of para-hydroxylation sites is 1. The Balaban J connectivity index is 1.72. The SMILES string of the molecule is C[C@H](OC(=O)c1ccccc1NS(=O)(=O)c1ccc(Cl)s1)C(=O)Nc1cccc([N+](=O)[O-])c1. The minimum Gasteiger partial charge on any atom is -0.449 e. The lowest BCUT2D eigenvalue weighted by Gasteiger charge is -2.15. The van der Waals surface area contributed by atoms with Gasteiger partial charge in [-0.3, -0.25) is 19.6 Å². The van der Waals surface area contributed by atoms with Gasteiger partial charge in [0.2, 0.25) is 0 Å². The summed E-state index contributed by atoms with van der Waals surface area (Å²) in [6.45, 7) is 1.31. The molecule has 10 nitrogen and oxygen atoms in total. The number of non-ortho nitro benzene ring substituents is 1. The van der Waals surface area contributed by atoms with Gasteiger partial charge in [-0.2, -0.15) is 0 Å². The first-order valence-electron chi connectivity index (χ1n) is 9.20. The highest BCUT2D eigenvalue weighted by Crippen LogP contribution is 2.28. The van der Waals surface area contributed by atoms with Gasteiger partial charge in [0.05, 0.1) is 20.5 Å². The molecule has 172 valence electrons. The number of sulfonamides is 1. The van der Waals surface area contributed by atoms with Crippen LogP contribution in [0.15, 0.2) is 64.9 Å². The van der Waals surface area contributed by atoms with Gasteiger partial charge in [-0.1, -0.05) is 29.8 Å². The van der Waals surface area contributed by atoms with Crippen LogP contribution in [0.5, 0.6) is 0 Å². The molecule has 0 spiro atoms. The molecule has 0 aliphatic heterocycles. The number of carbonyl (C=O) groups is 2. The summed E-state index contributed by atoms with van der Waals surface area (Å²) in [5, 5.41) is 13.3. The summed E-state index contributed by atoms with van der Waals surface area (Å²) in [4.78, 5) is 35.3. The third kappa shape index (κ3) is 6.06. The fourth-order valence-electron chi connectivity index (χ4n) is 2.61. The van der Waals surface area contributed by atoms with Gasteiger partial charge in [0.1, 0.15) is 4.21 Å². The molecule has 0 aliphatic rings. The van der Waals surface area contributed by atoms with E-state index in [4.69, 9.17) is 16.3 Å². The monoisotopic (exact) mass is 509 g/mol. The van der Waals surface area contributed by atoms with E-state index in [1.54, 1.807) is 0 Å². The minimum atomic E-state index is -4.00. The Morgan fingerprint density at radius 1 is 1.12 bits per heavy atom. The van der Waals surface area contributed by atoms with Crippen molar-refractivity contribution in [2.45, 2.75) is 17.2 Å². The fraction of sp³-hybridized carbons (Fsp3) is 0.100. The Morgan fingerprint density at radius 3 is 2.52 bits per heavy atom. The quantitative estimate of drug-likeness (QED) is 0.261. The van der Waals surface area contributed by atoms with Crippen LogP contribution in [0, 0.1) is 10.1 Å². The number of nitro groups is 1. The van der Waals surface area contributed by atoms with Crippen LogP contribution in [0.3, 0.4) is 0 Å². The molecule has 0 aliphatic carbocycles. The van der Waals surface area contributed by atoms with Crippen LogP contribution < -0.4 is 10.0 Å². The van der Waals surface area contributed by atoms with Crippen molar-refractivity contribution in [1.29, 1.82) is 0 Å². The molecule has 0 saturated heterocycles. The third-order valence-corrected chi connectivity index (χ3v) is 7.27. The molecule has 2 aromatic carbocycles. The number of nitrogens with one attached hydrogen (secondary N) is 2. The maximum Gasteiger partial charge on any atom is 0.341 e. The number of rotatable bonds is 8. The summed E-state index contributed by atoms with van der Waals surface area (Å²) in [7, 11) is -4.00. The van der Waals surface area contributed by atoms with Crippen molar-refractivity contribution < 1.29 is 27.7 Å². The zero-order valence-corrected chi connectivity index (χ0v) is 19.2. The van der Waals surface area contributed by atoms with Gasteiger partial charge in [-0.25, -0.2) is 13.2 Å². The van der Waals surface area contributed by atoms with Crippen LogP contribution in [0.1, 0.15) is 17.3 Å². The number of nitrogens with zero attached hydrogens (tertiary/aromatic N) is 1. The highest BCUT2D eigenvalue weighted by molar-refractivity contribution is 7.94. The lowest BCUT2D eigenvalue weighted by atomic mass is 10.2. The lowest BCUT2D eigenvalue weighted by molar-refractivity contribution is -0.384. The number of amides is 1. The van der Waals surface area contributed by atoms with Gasteiger partial charge >= 0.3 is 5.97 Å². The van der Waals surface area contributed by atoms with Gasteiger partial charge in [-0.15, -0.1) is 11.3 Å². The molecule has 0 fully saturated rings. The number of carbonyl (C=O) groups excluding carboxylic acids is 2. The Labute approximate surface area is 197 Å². The molecule has 1 aromatic heterocycles. The summed E-state index contributed by atoms with van der Waals surface area (Å²) < 4.78 is 32.9. The first-order chi connectivity index (χ1) is 15.6. The molecule has 33 heavy (non-hydrogen) atoms. The van der Waals surface area contributed by atoms with Crippen LogP contribution >= 0.6 is 22.9 Å². The lowest BCUT2D eigenvalue weighted by Crippen LogP contribution is -2.30. The second-order valence-corrected chi connectivity index (χ2v) is 10.2. The highest BCUT2D eigenvalue weighted by atomic mass is 35.5. The molecule has 13 heteroatoms. The number of ether oxygens (including phenoxy) is 1. The van der Waals surface area contributed by atoms with E-state index in [1.807, 2.05) is 0 Å². The van der Waals surface area contributed by atoms with E-state index in [2.05, 4.69) is 10.0 Å². The number of halogens is 1. The van der Waals surface area contributed by atoms with E-state index < -0.39 is 32.9 Å². The third-order valence-electron chi connectivity index (χ3n) is 4.18. The van der Waals surface area contributed by atoms with Crippen LogP contribution in [-0.4, -0.2) is 31.3 Å². The van der Waals surface area contributed by atoms with E-state index in [-0.39, 0.29) is 31.2 Å². The number of nitro benzene ring substituents is 1. The molecule has 3 rings (SSSR count). The molecule has 0 saturated carbocycles. The van der Waals surface area contributed by atoms with Crippen LogP contribution in [0.25, 0.3) is 0 Å². The molecule has 1 heterocycles. The summed E-state index contributed by atoms with van der Waals surface area (Å²) in [5.74, 6) is -1.67. The van der Waals surface area contributed by atoms with E-state index in [9.17, 15) is 28.1 Å². The molecule has 0 radical (unpaired) electrons.